The maximum atomic E-state index is 13.5. The van der Waals surface area contributed by atoms with Crippen LogP contribution in [0.2, 0.25) is 10.0 Å². The van der Waals surface area contributed by atoms with Gasteiger partial charge in [-0.25, -0.2) is 36.9 Å². The van der Waals surface area contributed by atoms with Crippen LogP contribution in [0.1, 0.15) is 55.4 Å². The standard InChI is InChI=1S/C27H29ClN6O5S.C14H20ClIN4O3/c1-17-15-32(26(36)39-27(2,3)4)13-14-33(17)24-21(28)25(35)31-22(30-24)20-16-34(23-19(20)11-8-12-29-23)40(37,38)18-9-6-5-7-10-18;1-8-7-19(13(22)23-14(2,3)4)5-6-20(8)10-9(15)11(21)18-12(16)17-10/h5-12,16-17H,13-15H2,1-4H3,(H,30,31,35);8H,5-7H2,1-4H3,(H,17,18,21)/t17-;8-/m00/s1. The molecule has 2 saturated heterocycles. The average Bonchev–Trinajstić information content (AvgIpc) is 3.60. The number of rotatable bonds is 5. The molecule has 0 unspecified atom stereocenters. The van der Waals surface area contributed by atoms with E-state index in [9.17, 15) is 27.6 Å². The number of hydrogen-bond donors (Lipinski definition) is 2. The van der Waals surface area contributed by atoms with Crippen molar-refractivity contribution in [2.24, 2.45) is 0 Å². The Bertz CT molecular complexity index is 2740. The van der Waals surface area contributed by atoms with Crippen LogP contribution in [0.25, 0.3) is 22.4 Å². The van der Waals surface area contributed by atoms with Gasteiger partial charge in [0.2, 0.25) is 0 Å². The molecular weight excluding hydrogens is 990 g/mol. The molecule has 18 nitrogen and oxygen atoms in total. The number of aromatic amines is 2. The third-order valence-electron chi connectivity index (χ3n) is 9.85. The highest BCUT2D eigenvalue weighted by Crippen LogP contribution is 2.33. The zero-order valence-corrected chi connectivity index (χ0v) is 40.5. The Labute approximate surface area is 388 Å². The van der Waals surface area contributed by atoms with Crippen molar-refractivity contribution >= 4 is 90.7 Å². The minimum Gasteiger partial charge on any atom is -0.444 e. The Hall–Kier alpha value is -4.93. The number of carbonyl (C=O) groups is 2. The monoisotopic (exact) mass is 1040 g/mol. The second-order valence-electron chi connectivity index (χ2n) is 17.0. The van der Waals surface area contributed by atoms with Crippen LogP contribution >= 0.6 is 45.8 Å². The quantitative estimate of drug-likeness (QED) is 0.141. The molecule has 338 valence electrons. The molecule has 2 N–H and O–H groups in total. The number of hydrogen-bond acceptors (Lipinski definition) is 13. The SMILES string of the molecule is C[C@H]1CN(C(=O)OC(C)(C)C)CCN1c1nc(-c2cn(S(=O)(=O)c3ccccc3)c3ncccc23)[nH]c(=O)c1Cl.C[C@H]1CN(C(=O)OC(C)(C)C)CCN1c1nc(I)[nH]c(=O)c1Cl. The van der Waals surface area contributed by atoms with E-state index in [1.807, 2.05) is 87.8 Å². The number of piperazine rings is 2. The summed E-state index contributed by atoms with van der Waals surface area (Å²) in [7, 11) is -3.99. The molecule has 4 aromatic heterocycles. The normalized spacial score (nSPS) is 17.3. The smallest absolute Gasteiger partial charge is 0.410 e. The molecular formula is C41H49Cl2IN10O8S. The lowest BCUT2D eigenvalue weighted by Crippen LogP contribution is -2.55. The summed E-state index contributed by atoms with van der Waals surface area (Å²) in [5.74, 6) is 0.842. The number of amides is 2. The topological polar surface area (TPSA) is 209 Å². The first-order chi connectivity index (χ1) is 29.4. The zero-order chi connectivity index (χ0) is 46.2. The highest BCUT2D eigenvalue weighted by Gasteiger charge is 2.34. The minimum absolute atomic E-state index is 0.0288. The van der Waals surface area contributed by atoms with Crippen LogP contribution < -0.4 is 20.9 Å². The zero-order valence-electron chi connectivity index (χ0n) is 36.0. The first-order valence-electron chi connectivity index (χ1n) is 20.0. The molecule has 0 bridgehead atoms. The van der Waals surface area contributed by atoms with E-state index in [-0.39, 0.29) is 56.0 Å². The molecule has 2 atom stereocenters. The number of benzene rings is 1. The van der Waals surface area contributed by atoms with Crippen molar-refractivity contribution in [3.05, 3.63) is 89.4 Å². The third-order valence-corrected chi connectivity index (χ3v) is 12.7. The lowest BCUT2D eigenvalue weighted by molar-refractivity contribution is 0.0208. The summed E-state index contributed by atoms with van der Waals surface area (Å²) in [4.78, 5) is 75.3. The van der Waals surface area contributed by atoms with Crippen molar-refractivity contribution in [3.8, 4) is 11.4 Å². The highest BCUT2D eigenvalue weighted by atomic mass is 127. The van der Waals surface area contributed by atoms with E-state index in [1.54, 1.807) is 40.1 Å². The van der Waals surface area contributed by atoms with Crippen molar-refractivity contribution in [1.82, 2.24) is 38.7 Å². The number of aromatic nitrogens is 6. The molecule has 1 aromatic carbocycles. The largest absolute Gasteiger partial charge is 0.444 e. The van der Waals surface area contributed by atoms with E-state index >= 15 is 0 Å². The number of anilines is 2. The van der Waals surface area contributed by atoms with Gasteiger partial charge in [-0.2, -0.15) is 0 Å². The summed E-state index contributed by atoms with van der Waals surface area (Å²) in [6, 6.07) is 11.1. The van der Waals surface area contributed by atoms with E-state index in [0.29, 0.717) is 59.9 Å². The van der Waals surface area contributed by atoms with Crippen LogP contribution in [0.4, 0.5) is 21.2 Å². The number of ether oxygens (including phenoxy) is 2. The molecule has 2 amide bonds. The van der Waals surface area contributed by atoms with Crippen molar-refractivity contribution in [2.45, 2.75) is 83.6 Å². The Morgan fingerprint density at radius 3 is 1.78 bits per heavy atom. The molecule has 0 aliphatic carbocycles. The molecule has 0 saturated carbocycles. The van der Waals surface area contributed by atoms with Gasteiger partial charge in [0, 0.05) is 74.7 Å². The molecule has 0 radical (unpaired) electrons. The van der Waals surface area contributed by atoms with E-state index < -0.39 is 32.9 Å². The van der Waals surface area contributed by atoms with Gasteiger partial charge < -0.3 is 39.0 Å². The second-order valence-corrected chi connectivity index (χ2v) is 20.6. The van der Waals surface area contributed by atoms with Crippen LogP contribution in [-0.4, -0.2) is 122 Å². The van der Waals surface area contributed by atoms with Gasteiger partial charge in [0.05, 0.1) is 4.90 Å². The molecule has 63 heavy (non-hydrogen) atoms. The first-order valence-corrected chi connectivity index (χ1v) is 23.2. The number of nitrogens with zero attached hydrogens (tertiary/aromatic N) is 8. The number of fused-ring (bicyclic) bond motifs is 1. The summed E-state index contributed by atoms with van der Waals surface area (Å²) >= 11 is 14.5. The molecule has 2 fully saturated rings. The van der Waals surface area contributed by atoms with Gasteiger partial charge in [-0.15, -0.1) is 0 Å². The predicted molar refractivity (Wildman–Crippen MR) is 249 cm³/mol. The summed E-state index contributed by atoms with van der Waals surface area (Å²) < 4.78 is 39.5. The van der Waals surface area contributed by atoms with Gasteiger partial charge in [-0.05, 0) is 102 Å². The molecule has 0 spiro atoms. The highest BCUT2D eigenvalue weighted by molar-refractivity contribution is 14.1. The van der Waals surface area contributed by atoms with E-state index in [2.05, 4.69) is 19.9 Å². The van der Waals surface area contributed by atoms with Gasteiger partial charge in [-0.3, -0.25) is 9.59 Å². The van der Waals surface area contributed by atoms with Crippen molar-refractivity contribution in [1.29, 1.82) is 0 Å². The molecule has 2 aliphatic heterocycles. The van der Waals surface area contributed by atoms with Crippen LogP contribution in [0.5, 0.6) is 0 Å². The Morgan fingerprint density at radius 1 is 0.762 bits per heavy atom. The van der Waals surface area contributed by atoms with Gasteiger partial charge in [0.25, 0.3) is 21.1 Å². The van der Waals surface area contributed by atoms with Gasteiger partial charge in [0.1, 0.15) is 27.1 Å². The van der Waals surface area contributed by atoms with Crippen molar-refractivity contribution < 1.29 is 27.5 Å². The molecule has 2 aliphatic rings. The van der Waals surface area contributed by atoms with Gasteiger partial charge in [-0.1, -0.05) is 41.4 Å². The summed E-state index contributed by atoms with van der Waals surface area (Å²) in [5.41, 5.74) is -1.50. The Morgan fingerprint density at radius 2 is 1.27 bits per heavy atom. The summed E-state index contributed by atoms with van der Waals surface area (Å²) in [5, 5.41) is 0.462. The lowest BCUT2D eigenvalue weighted by atomic mass is 10.2. The third kappa shape index (κ3) is 10.9. The van der Waals surface area contributed by atoms with Crippen LogP contribution in [0.15, 0.2) is 69.3 Å². The van der Waals surface area contributed by atoms with E-state index in [0.717, 1.165) is 3.97 Å². The number of halogens is 3. The molecule has 5 aromatic rings. The average molecular weight is 1040 g/mol. The fraction of sp³-hybridized carbons (Fsp3) is 0.439. The van der Waals surface area contributed by atoms with Crippen molar-refractivity contribution in [2.75, 3.05) is 49.1 Å². The van der Waals surface area contributed by atoms with Gasteiger partial charge in [0.15, 0.2) is 21.1 Å². The lowest BCUT2D eigenvalue weighted by Gasteiger charge is -2.41. The van der Waals surface area contributed by atoms with E-state index in [4.69, 9.17) is 37.7 Å². The van der Waals surface area contributed by atoms with Crippen molar-refractivity contribution in [3.63, 3.8) is 0 Å². The predicted octanol–water partition coefficient (Wildman–Crippen LogP) is 6.60. The fourth-order valence-corrected chi connectivity index (χ4v) is 9.23. The maximum absolute atomic E-state index is 13.5. The molecule has 6 heterocycles. The van der Waals surface area contributed by atoms with Gasteiger partial charge >= 0.3 is 12.2 Å². The molecule has 22 heteroatoms. The van der Waals surface area contributed by atoms with Crippen LogP contribution in [-0.2, 0) is 19.5 Å². The Kier molecular flexibility index (Phi) is 14.1. The fourth-order valence-electron chi connectivity index (χ4n) is 7.01. The molecule has 7 rings (SSSR count). The first kappa shape index (κ1) is 47.5. The van der Waals surface area contributed by atoms with Crippen LogP contribution in [0, 0.1) is 3.83 Å². The number of pyridine rings is 1. The number of H-pyrrole nitrogens is 2. The maximum Gasteiger partial charge on any atom is 0.410 e. The van der Waals surface area contributed by atoms with E-state index in [1.165, 1.54) is 24.5 Å². The van der Waals surface area contributed by atoms with Crippen LogP contribution in [0.3, 0.4) is 0 Å². The number of nitrogens with one attached hydrogen (secondary N) is 2. The second kappa shape index (κ2) is 18.7. The Balaban J connectivity index is 0.000000244. The number of carbonyl (C=O) groups excluding carboxylic acids is 2. The summed E-state index contributed by atoms with van der Waals surface area (Å²) in [6.45, 7) is 17.4. The summed E-state index contributed by atoms with van der Waals surface area (Å²) in [6.07, 6.45) is 2.16. The minimum atomic E-state index is -3.99.